The first-order chi connectivity index (χ1) is 8.21. The maximum atomic E-state index is 11.8. The number of amides is 1. The fourth-order valence-corrected chi connectivity index (χ4v) is 2.41. The lowest BCUT2D eigenvalue weighted by molar-refractivity contribution is -0.121. The maximum Gasteiger partial charge on any atom is 0.220 e. The quantitative estimate of drug-likeness (QED) is 0.835. The van der Waals surface area contributed by atoms with Crippen LogP contribution >= 0.6 is 12.4 Å². The molecule has 1 aliphatic rings. The molecule has 4 heteroatoms. The third kappa shape index (κ3) is 7.17. The Kier molecular flexibility index (Phi) is 7.38. The Morgan fingerprint density at radius 1 is 1.37 bits per heavy atom. The van der Waals surface area contributed by atoms with Gasteiger partial charge in [-0.25, -0.2) is 0 Å². The van der Waals surface area contributed by atoms with Gasteiger partial charge in [0, 0.05) is 19.0 Å². The monoisotopic (exact) mass is 290 g/mol. The van der Waals surface area contributed by atoms with Crippen LogP contribution in [0.15, 0.2) is 0 Å². The summed E-state index contributed by atoms with van der Waals surface area (Å²) >= 11 is 0. The van der Waals surface area contributed by atoms with Gasteiger partial charge in [0.2, 0.25) is 5.91 Å². The summed E-state index contributed by atoms with van der Waals surface area (Å²) in [5.74, 6) is 0.188. The molecule has 0 radical (unpaired) electrons. The van der Waals surface area contributed by atoms with Crippen LogP contribution in [0.1, 0.15) is 60.3 Å². The first kappa shape index (κ1) is 18.7. The van der Waals surface area contributed by atoms with Crippen LogP contribution in [0.4, 0.5) is 0 Å². The highest BCUT2D eigenvalue weighted by Crippen LogP contribution is 2.29. The van der Waals surface area contributed by atoms with E-state index in [0.717, 1.165) is 19.5 Å². The van der Waals surface area contributed by atoms with Gasteiger partial charge in [-0.2, -0.15) is 0 Å². The zero-order chi connectivity index (χ0) is 13.8. The molecule has 1 atom stereocenters. The molecule has 1 aliphatic heterocycles. The van der Waals surface area contributed by atoms with Gasteiger partial charge in [0.15, 0.2) is 0 Å². The Labute approximate surface area is 124 Å². The lowest BCUT2D eigenvalue weighted by atomic mass is 9.77. The van der Waals surface area contributed by atoms with Crippen LogP contribution in [0.25, 0.3) is 0 Å². The van der Waals surface area contributed by atoms with E-state index >= 15 is 0 Å². The molecule has 2 N–H and O–H groups in total. The largest absolute Gasteiger partial charge is 0.355 e. The minimum Gasteiger partial charge on any atom is -0.355 e. The summed E-state index contributed by atoms with van der Waals surface area (Å²) in [6.45, 7) is 12.9. The molecule has 0 spiro atoms. The van der Waals surface area contributed by atoms with Crippen LogP contribution in [0.2, 0.25) is 0 Å². The number of nitrogens with one attached hydrogen (secondary N) is 2. The molecule has 0 aromatic rings. The summed E-state index contributed by atoms with van der Waals surface area (Å²) in [6, 6.07) is 0.407. The van der Waals surface area contributed by atoms with Gasteiger partial charge in [-0.15, -0.1) is 12.4 Å². The molecule has 0 bridgehead atoms. The van der Waals surface area contributed by atoms with Crippen molar-refractivity contribution >= 4 is 18.3 Å². The van der Waals surface area contributed by atoms with E-state index in [1.54, 1.807) is 0 Å². The lowest BCUT2D eigenvalue weighted by Crippen LogP contribution is -2.52. The molecule has 1 amide bonds. The Balaban J connectivity index is 0.00000324. The van der Waals surface area contributed by atoms with Gasteiger partial charge in [0.25, 0.3) is 0 Å². The third-order valence-corrected chi connectivity index (χ3v) is 3.94. The lowest BCUT2D eigenvalue weighted by Gasteiger charge is -2.39. The fraction of sp³-hybridized carbons (Fsp3) is 0.933. The highest BCUT2D eigenvalue weighted by molar-refractivity contribution is 5.85. The Morgan fingerprint density at radius 2 is 2.00 bits per heavy atom. The van der Waals surface area contributed by atoms with Gasteiger partial charge >= 0.3 is 0 Å². The van der Waals surface area contributed by atoms with Gasteiger partial charge < -0.3 is 10.6 Å². The molecule has 3 nitrogen and oxygen atoms in total. The molecule has 19 heavy (non-hydrogen) atoms. The van der Waals surface area contributed by atoms with Gasteiger partial charge in [0.1, 0.15) is 0 Å². The number of carbonyl (C=O) groups is 1. The predicted octanol–water partition coefficient (Wildman–Crippen LogP) is 3.13. The second kappa shape index (κ2) is 7.49. The first-order valence-corrected chi connectivity index (χ1v) is 7.21. The summed E-state index contributed by atoms with van der Waals surface area (Å²) in [5.41, 5.74) is 0.523. The topological polar surface area (TPSA) is 41.1 Å². The predicted molar refractivity (Wildman–Crippen MR) is 83.8 cm³/mol. The molecule has 114 valence electrons. The smallest absolute Gasteiger partial charge is 0.220 e. The van der Waals surface area contributed by atoms with E-state index in [-0.39, 0.29) is 29.1 Å². The highest BCUT2D eigenvalue weighted by atomic mass is 35.5. The van der Waals surface area contributed by atoms with Crippen molar-refractivity contribution in [2.24, 2.45) is 10.8 Å². The fourth-order valence-electron chi connectivity index (χ4n) is 2.41. The standard InChI is InChI=1S/C15H30N2O.ClH/c1-14(2,3)9-7-13(18)17-11-12-15(4,5)8-6-10-16-12;/h12,16H,6-11H2,1-5H3,(H,17,18);1H. The van der Waals surface area contributed by atoms with E-state index < -0.39 is 0 Å². The van der Waals surface area contributed by atoms with Crippen LogP contribution < -0.4 is 10.6 Å². The van der Waals surface area contributed by atoms with Gasteiger partial charge in [-0.05, 0) is 36.6 Å². The van der Waals surface area contributed by atoms with Gasteiger partial charge in [-0.3, -0.25) is 4.79 Å². The Hall–Kier alpha value is -0.280. The van der Waals surface area contributed by atoms with E-state index in [1.807, 2.05) is 0 Å². The maximum absolute atomic E-state index is 11.8. The molecular weight excluding hydrogens is 260 g/mol. The second-order valence-electron chi connectivity index (χ2n) is 7.46. The Morgan fingerprint density at radius 3 is 2.53 bits per heavy atom. The van der Waals surface area contributed by atoms with E-state index in [0.29, 0.717) is 12.5 Å². The summed E-state index contributed by atoms with van der Waals surface area (Å²) in [6.07, 6.45) is 4.06. The average Bonchev–Trinajstić information content (AvgIpc) is 2.23. The van der Waals surface area contributed by atoms with Crippen molar-refractivity contribution in [3.05, 3.63) is 0 Å². The minimum atomic E-state index is 0. The molecule has 1 heterocycles. The van der Waals surface area contributed by atoms with E-state index in [9.17, 15) is 4.79 Å². The molecule has 1 rings (SSSR count). The van der Waals surface area contributed by atoms with Crippen LogP contribution in [-0.2, 0) is 4.79 Å². The zero-order valence-electron chi connectivity index (χ0n) is 13.1. The highest BCUT2D eigenvalue weighted by Gasteiger charge is 2.31. The molecular formula is C15H31ClN2O. The van der Waals surface area contributed by atoms with Crippen LogP contribution in [0, 0.1) is 10.8 Å². The molecule has 0 aromatic carbocycles. The van der Waals surface area contributed by atoms with E-state index in [4.69, 9.17) is 0 Å². The molecule has 1 fully saturated rings. The van der Waals surface area contributed by atoms with Crippen molar-refractivity contribution in [1.82, 2.24) is 10.6 Å². The minimum absolute atomic E-state index is 0. The number of piperidine rings is 1. The summed E-state index contributed by atoms with van der Waals surface area (Å²) in [4.78, 5) is 11.8. The number of rotatable bonds is 4. The average molecular weight is 291 g/mol. The van der Waals surface area contributed by atoms with Crippen molar-refractivity contribution in [2.45, 2.75) is 66.3 Å². The summed E-state index contributed by atoms with van der Waals surface area (Å²) in [5, 5.41) is 6.60. The summed E-state index contributed by atoms with van der Waals surface area (Å²) in [7, 11) is 0. The molecule has 1 unspecified atom stereocenters. The van der Waals surface area contributed by atoms with E-state index in [2.05, 4.69) is 45.3 Å². The number of hydrogen-bond donors (Lipinski definition) is 2. The zero-order valence-corrected chi connectivity index (χ0v) is 14.0. The molecule has 0 saturated carbocycles. The second-order valence-corrected chi connectivity index (χ2v) is 7.46. The number of carbonyl (C=O) groups excluding carboxylic acids is 1. The van der Waals surface area contributed by atoms with E-state index in [1.165, 1.54) is 12.8 Å². The van der Waals surface area contributed by atoms with Crippen molar-refractivity contribution in [3.63, 3.8) is 0 Å². The summed E-state index contributed by atoms with van der Waals surface area (Å²) < 4.78 is 0. The molecule has 0 aromatic heterocycles. The SMILES string of the molecule is CC(C)(C)CCC(=O)NCC1NCCCC1(C)C.Cl. The van der Waals surface area contributed by atoms with Crippen LogP contribution in [0.3, 0.4) is 0 Å². The molecule has 0 aliphatic carbocycles. The van der Waals surface area contributed by atoms with Crippen molar-refractivity contribution in [3.8, 4) is 0 Å². The number of halogens is 1. The van der Waals surface area contributed by atoms with Crippen molar-refractivity contribution < 1.29 is 4.79 Å². The van der Waals surface area contributed by atoms with Crippen LogP contribution in [0.5, 0.6) is 0 Å². The number of hydrogen-bond acceptors (Lipinski definition) is 2. The molecule has 1 saturated heterocycles. The first-order valence-electron chi connectivity index (χ1n) is 7.21. The van der Waals surface area contributed by atoms with Crippen molar-refractivity contribution in [1.29, 1.82) is 0 Å². The normalized spacial score (nSPS) is 22.5. The van der Waals surface area contributed by atoms with Gasteiger partial charge in [-0.1, -0.05) is 34.6 Å². The Bertz CT molecular complexity index is 284. The third-order valence-electron chi connectivity index (χ3n) is 3.94. The van der Waals surface area contributed by atoms with Crippen molar-refractivity contribution in [2.75, 3.05) is 13.1 Å². The van der Waals surface area contributed by atoms with Crippen LogP contribution in [-0.4, -0.2) is 25.0 Å². The van der Waals surface area contributed by atoms with Gasteiger partial charge in [0.05, 0.1) is 0 Å².